The number of aryl methyl sites for hydroxylation is 1. The smallest absolute Gasteiger partial charge is 0.118 e. The van der Waals surface area contributed by atoms with Crippen LogP contribution in [0.2, 0.25) is 0 Å². The fourth-order valence-corrected chi connectivity index (χ4v) is 1.88. The van der Waals surface area contributed by atoms with Crippen LogP contribution in [-0.4, -0.2) is 12.1 Å². The fourth-order valence-electron chi connectivity index (χ4n) is 1.88. The lowest BCUT2D eigenvalue weighted by Gasteiger charge is -2.11. The van der Waals surface area contributed by atoms with Gasteiger partial charge in [0, 0.05) is 18.4 Å². The molecule has 1 unspecified atom stereocenters. The molecule has 0 radical (unpaired) electrons. The number of benzene rings is 1. The van der Waals surface area contributed by atoms with Crippen molar-refractivity contribution in [2.75, 3.05) is 7.11 Å². The van der Waals surface area contributed by atoms with E-state index in [2.05, 4.69) is 17.1 Å². The molecule has 1 aromatic carbocycles. The monoisotopic (exact) mass is 242 g/mol. The van der Waals surface area contributed by atoms with Gasteiger partial charge < -0.3 is 10.5 Å². The zero-order valence-corrected chi connectivity index (χ0v) is 10.5. The van der Waals surface area contributed by atoms with Gasteiger partial charge in [-0.15, -0.1) is 0 Å². The number of nitrogens with zero attached hydrogens (tertiary/aromatic N) is 1. The molecule has 2 aromatic rings. The predicted octanol–water partition coefficient (Wildman–Crippen LogP) is 2.72. The van der Waals surface area contributed by atoms with Gasteiger partial charge in [-0.2, -0.15) is 0 Å². The van der Waals surface area contributed by atoms with E-state index in [1.807, 2.05) is 30.5 Å². The van der Waals surface area contributed by atoms with Crippen molar-refractivity contribution in [1.82, 2.24) is 4.98 Å². The minimum absolute atomic E-state index is 0.0424. The molecular weight excluding hydrogens is 224 g/mol. The van der Waals surface area contributed by atoms with Crippen molar-refractivity contribution in [3.63, 3.8) is 0 Å². The molecule has 0 fully saturated rings. The number of hydrogen-bond donors (Lipinski definition) is 1. The van der Waals surface area contributed by atoms with E-state index in [9.17, 15) is 0 Å². The first-order valence-electron chi connectivity index (χ1n) is 6.08. The second kappa shape index (κ2) is 6.17. The van der Waals surface area contributed by atoms with E-state index in [-0.39, 0.29) is 6.04 Å². The summed E-state index contributed by atoms with van der Waals surface area (Å²) in [5.41, 5.74) is 8.50. The summed E-state index contributed by atoms with van der Waals surface area (Å²) in [6.45, 7) is 0. The maximum Gasteiger partial charge on any atom is 0.118 e. The fraction of sp³-hybridized carbons (Fsp3) is 0.267. The first-order valence-corrected chi connectivity index (χ1v) is 6.08. The van der Waals surface area contributed by atoms with E-state index >= 15 is 0 Å². The molecule has 0 spiro atoms. The summed E-state index contributed by atoms with van der Waals surface area (Å²) in [4.78, 5) is 4.09. The van der Waals surface area contributed by atoms with Gasteiger partial charge in [0.15, 0.2) is 0 Å². The maximum atomic E-state index is 6.13. The van der Waals surface area contributed by atoms with Crippen molar-refractivity contribution in [3.8, 4) is 5.75 Å². The lowest BCUT2D eigenvalue weighted by Crippen LogP contribution is -2.11. The molecule has 0 saturated heterocycles. The van der Waals surface area contributed by atoms with Crippen molar-refractivity contribution in [3.05, 3.63) is 59.9 Å². The summed E-state index contributed by atoms with van der Waals surface area (Å²) in [6.07, 6.45) is 5.47. The number of ether oxygens (including phenoxy) is 1. The molecule has 0 aliphatic carbocycles. The van der Waals surface area contributed by atoms with Crippen molar-refractivity contribution >= 4 is 0 Å². The van der Waals surface area contributed by atoms with E-state index in [1.165, 1.54) is 5.56 Å². The molecule has 18 heavy (non-hydrogen) atoms. The maximum absolute atomic E-state index is 6.13. The van der Waals surface area contributed by atoms with Crippen LogP contribution in [0.15, 0.2) is 48.8 Å². The van der Waals surface area contributed by atoms with Crippen LogP contribution in [0.5, 0.6) is 5.75 Å². The molecule has 3 nitrogen and oxygen atoms in total. The summed E-state index contributed by atoms with van der Waals surface area (Å²) in [7, 11) is 1.67. The van der Waals surface area contributed by atoms with Crippen LogP contribution < -0.4 is 10.5 Å². The number of rotatable bonds is 5. The number of pyridine rings is 1. The van der Waals surface area contributed by atoms with Crippen LogP contribution in [0, 0.1) is 0 Å². The standard InChI is InChI=1S/C15H18N2O/c1-18-14-7-4-12(5-8-14)6-9-15(16)13-3-2-10-17-11-13/h2-5,7-8,10-11,15H,6,9,16H2,1H3. The van der Waals surface area contributed by atoms with Gasteiger partial charge in [-0.1, -0.05) is 18.2 Å². The molecule has 2 N–H and O–H groups in total. The Labute approximate surface area is 108 Å². The first kappa shape index (κ1) is 12.6. The molecule has 1 heterocycles. The molecule has 0 saturated carbocycles. The van der Waals surface area contributed by atoms with E-state index in [1.54, 1.807) is 13.3 Å². The first-order chi connectivity index (χ1) is 8.79. The Hall–Kier alpha value is -1.87. The van der Waals surface area contributed by atoms with Crippen LogP contribution in [0.1, 0.15) is 23.6 Å². The summed E-state index contributed by atoms with van der Waals surface area (Å²) in [5.74, 6) is 0.885. The quantitative estimate of drug-likeness (QED) is 0.877. The van der Waals surface area contributed by atoms with Crippen molar-refractivity contribution < 1.29 is 4.74 Å². The molecule has 0 aliphatic rings. The number of methoxy groups -OCH3 is 1. The molecule has 0 aliphatic heterocycles. The summed E-state index contributed by atoms with van der Waals surface area (Å²) < 4.78 is 5.13. The number of nitrogens with two attached hydrogens (primary N) is 1. The third kappa shape index (κ3) is 3.31. The average molecular weight is 242 g/mol. The summed E-state index contributed by atoms with van der Waals surface area (Å²) >= 11 is 0. The molecule has 94 valence electrons. The molecule has 0 amide bonds. The minimum atomic E-state index is 0.0424. The van der Waals surface area contributed by atoms with Gasteiger partial charge in [0.25, 0.3) is 0 Å². The Morgan fingerprint density at radius 1 is 1.22 bits per heavy atom. The highest BCUT2D eigenvalue weighted by molar-refractivity contribution is 5.27. The Morgan fingerprint density at radius 2 is 2.00 bits per heavy atom. The highest BCUT2D eigenvalue weighted by atomic mass is 16.5. The highest BCUT2D eigenvalue weighted by Crippen LogP contribution is 2.17. The number of hydrogen-bond acceptors (Lipinski definition) is 3. The molecular formula is C15H18N2O. The molecule has 1 aromatic heterocycles. The third-order valence-corrected chi connectivity index (χ3v) is 3.02. The second-order valence-corrected chi connectivity index (χ2v) is 4.28. The summed E-state index contributed by atoms with van der Waals surface area (Å²) in [5, 5.41) is 0. The van der Waals surface area contributed by atoms with Gasteiger partial charge in [-0.05, 0) is 42.2 Å². The Balaban J connectivity index is 1.91. The molecule has 3 heteroatoms. The van der Waals surface area contributed by atoms with Crippen molar-refractivity contribution in [1.29, 1.82) is 0 Å². The van der Waals surface area contributed by atoms with E-state index in [0.29, 0.717) is 0 Å². The van der Waals surface area contributed by atoms with Crippen LogP contribution in [0.3, 0.4) is 0 Å². The SMILES string of the molecule is COc1ccc(CCC(N)c2cccnc2)cc1. The summed E-state index contributed by atoms with van der Waals surface area (Å²) in [6, 6.07) is 12.1. The Kier molecular flexibility index (Phi) is 4.31. The lowest BCUT2D eigenvalue weighted by molar-refractivity contribution is 0.414. The van der Waals surface area contributed by atoms with Gasteiger partial charge in [0.05, 0.1) is 7.11 Å². The zero-order valence-electron chi connectivity index (χ0n) is 10.5. The third-order valence-electron chi connectivity index (χ3n) is 3.02. The average Bonchev–Trinajstić information content (AvgIpc) is 2.46. The topological polar surface area (TPSA) is 48.1 Å². The predicted molar refractivity (Wildman–Crippen MR) is 72.5 cm³/mol. The molecule has 0 bridgehead atoms. The lowest BCUT2D eigenvalue weighted by atomic mass is 10.0. The van der Waals surface area contributed by atoms with Gasteiger partial charge in [0.1, 0.15) is 5.75 Å². The molecule has 1 atom stereocenters. The van der Waals surface area contributed by atoms with Crippen LogP contribution in [0.4, 0.5) is 0 Å². The second-order valence-electron chi connectivity index (χ2n) is 4.28. The number of aromatic nitrogens is 1. The van der Waals surface area contributed by atoms with Gasteiger partial charge in [0.2, 0.25) is 0 Å². The van der Waals surface area contributed by atoms with E-state index < -0.39 is 0 Å². The Bertz CT molecular complexity index is 468. The normalized spacial score (nSPS) is 12.1. The van der Waals surface area contributed by atoms with Crippen LogP contribution in [-0.2, 0) is 6.42 Å². The van der Waals surface area contributed by atoms with Gasteiger partial charge in [-0.25, -0.2) is 0 Å². The van der Waals surface area contributed by atoms with E-state index in [0.717, 1.165) is 24.2 Å². The largest absolute Gasteiger partial charge is 0.497 e. The van der Waals surface area contributed by atoms with Crippen LogP contribution >= 0.6 is 0 Å². The van der Waals surface area contributed by atoms with Crippen molar-refractivity contribution in [2.45, 2.75) is 18.9 Å². The van der Waals surface area contributed by atoms with Gasteiger partial charge in [-0.3, -0.25) is 4.98 Å². The van der Waals surface area contributed by atoms with E-state index in [4.69, 9.17) is 10.5 Å². The Morgan fingerprint density at radius 3 is 2.61 bits per heavy atom. The van der Waals surface area contributed by atoms with Crippen LogP contribution in [0.25, 0.3) is 0 Å². The van der Waals surface area contributed by atoms with Crippen molar-refractivity contribution in [2.24, 2.45) is 5.73 Å². The van der Waals surface area contributed by atoms with Gasteiger partial charge >= 0.3 is 0 Å². The zero-order chi connectivity index (χ0) is 12.8. The molecule has 2 rings (SSSR count). The highest BCUT2D eigenvalue weighted by Gasteiger charge is 2.06. The minimum Gasteiger partial charge on any atom is -0.497 e.